The Morgan fingerprint density at radius 3 is 2.72 bits per heavy atom. The number of thioether (sulfide) groups is 1. The normalized spacial score (nSPS) is 14.3. The predicted molar refractivity (Wildman–Crippen MR) is 61.0 cm³/mol. The number of anilines is 1. The molecule has 0 amide bonds. The molecule has 18 heavy (non-hydrogen) atoms. The van der Waals surface area contributed by atoms with Crippen LogP contribution in [-0.2, 0) is 15.7 Å². The molecule has 0 fully saturated rings. The van der Waals surface area contributed by atoms with E-state index in [1.807, 2.05) is 0 Å². The fraction of sp³-hybridized carbons (Fsp3) is 0.182. The first kappa shape index (κ1) is 12.8. The van der Waals surface area contributed by atoms with Crippen molar-refractivity contribution in [1.82, 2.24) is 0 Å². The first-order chi connectivity index (χ1) is 8.41. The van der Waals surface area contributed by atoms with Crippen molar-refractivity contribution in [3.8, 4) is 0 Å². The topological polar surface area (TPSA) is 38.3 Å². The second kappa shape index (κ2) is 4.56. The largest absolute Gasteiger partial charge is 0.465 e. The molecule has 1 aromatic carbocycles. The van der Waals surface area contributed by atoms with Gasteiger partial charge in [0.25, 0.3) is 0 Å². The van der Waals surface area contributed by atoms with E-state index in [0.29, 0.717) is 10.6 Å². The van der Waals surface area contributed by atoms with Crippen LogP contribution in [0.15, 0.2) is 34.2 Å². The average Bonchev–Trinajstić information content (AvgIpc) is 2.35. The highest BCUT2D eigenvalue weighted by atomic mass is 32.2. The van der Waals surface area contributed by atoms with Crippen LogP contribution < -0.4 is 5.32 Å². The van der Waals surface area contributed by atoms with Crippen molar-refractivity contribution >= 4 is 23.4 Å². The molecule has 1 aromatic rings. The molecule has 1 heterocycles. The molecule has 0 radical (unpaired) electrons. The van der Waals surface area contributed by atoms with Crippen LogP contribution in [0.4, 0.5) is 18.9 Å². The average molecular weight is 275 g/mol. The molecule has 7 heteroatoms. The van der Waals surface area contributed by atoms with Gasteiger partial charge in [0, 0.05) is 11.1 Å². The minimum Gasteiger partial charge on any atom is -0.465 e. The molecular formula is C11H8F3NO2S. The molecule has 0 atom stereocenters. The van der Waals surface area contributed by atoms with E-state index in [9.17, 15) is 18.0 Å². The molecule has 1 aliphatic rings. The molecule has 0 saturated heterocycles. The van der Waals surface area contributed by atoms with E-state index in [-0.39, 0.29) is 4.91 Å². The summed E-state index contributed by atoms with van der Waals surface area (Å²) in [4.78, 5) is 11.8. The van der Waals surface area contributed by atoms with Crippen LogP contribution in [0, 0.1) is 0 Å². The summed E-state index contributed by atoms with van der Waals surface area (Å²) in [5.41, 5.74) is -0.220. The quantitative estimate of drug-likeness (QED) is 0.798. The number of carbonyl (C=O) groups excluding carboxylic acids is 1. The highest BCUT2D eigenvalue weighted by Gasteiger charge is 2.31. The Morgan fingerprint density at radius 2 is 2.11 bits per heavy atom. The monoisotopic (exact) mass is 275 g/mol. The summed E-state index contributed by atoms with van der Waals surface area (Å²) in [5.74, 6) is -0.587. The summed E-state index contributed by atoms with van der Waals surface area (Å²) in [5, 5.41) is 2.76. The summed E-state index contributed by atoms with van der Waals surface area (Å²) in [6.07, 6.45) is -2.99. The van der Waals surface area contributed by atoms with Crippen LogP contribution in [0.2, 0.25) is 0 Å². The van der Waals surface area contributed by atoms with Crippen molar-refractivity contribution in [1.29, 1.82) is 0 Å². The third-order valence-electron chi connectivity index (χ3n) is 2.27. The molecule has 0 saturated carbocycles. The van der Waals surface area contributed by atoms with Gasteiger partial charge in [-0.05, 0) is 18.2 Å². The minimum absolute atomic E-state index is 0.212. The van der Waals surface area contributed by atoms with Crippen molar-refractivity contribution < 1.29 is 22.7 Å². The lowest BCUT2D eigenvalue weighted by molar-refractivity contribution is -0.137. The molecule has 0 aromatic heterocycles. The lowest BCUT2D eigenvalue weighted by Crippen LogP contribution is -2.10. The van der Waals surface area contributed by atoms with Crippen LogP contribution in [0.1, 0.15) is 5.56 Å². The van der Waals surface area contributed by atoms with Crippen LogP contribution in [0.5, 0.6) is 0 Å². The summed E-state index contributed by atoms with van der Waals surface area (Å²) in [6, 6.07) is 3.32. The lowest BCUT2D eigenvalue weighted by Gasteiger charge is -2.18. The first-order valence-corrected chi connectivity index (χ1v) is 5.67. The Kier molecular flexibility index (Phi) is 3.25. The minimum atomic E-state index is -4.40. The van der Waals surface area contributed by atoms with Gasteiger partial charge >= 0.3 is 12.1 Å². The van der Waals surface area contributed by atoms with Gasteiger partial charge in [0.1, 0.15) is 4.91 Å². The number of hydrogen-bond donors (Lipinski definition) is 1. The molecule has 3 nitrogen and oxygen atoms in total. The molecule has 0 aliphatic carbocycles. The summed E-state index contributed by atoms with van der Waals surface area (Å²) in [6.45, 7) is 0. The van der Waals surface area contributed by atoms with Crippen molar-refractivity contribution in [2.45, 2.75) is 11.1 Å². The number of carbonyl (C=O) groups is 1. The number of esters is 1. The second-order valence-electron chi connectivity index (χ2n) is 3.46. The predicted octanol–water partition coefficient (Wildman–Crippen LogP) is 3.24. The van der Waals surface area contributed by atoms with Gasteiger partial charge in [-0.1, -0.05) is 11.8 Å². The van der Waals surface area contributed by atoms with E-state index < -0.39 is 17.7 Å². The third kappa shape index (κ3) is 2.45. The molecule has 0 spiro atoms. The van der Waals surface area contributed by atoms with Gasteiger partial charge in [-0.2, -0.15) is 13.2 Å². The van der Waals surface area contributed by atoms with Crippen molar-refractivity contribution in [2.75, 3.05) is 12.4 Å². The zero-order chi connectivity index (χ0) is 13.3. The smallest absolute Gasteiger partial charge is 0.416 e. The molecule has 0 unspecified atom stereocenters. The summed E-state index contributed by atoms with van der Waals surface area (Å²) < 4.78 is 42.1. The summed E-state index contributed by atoms with van der Waals surface area (Å²) in [7, 11) is 1.21. The van der Waals surface area contributed by atoms with Crippen molar-refractivity contribution in [2.24, 2.45) is 0 Å². The fourth-order valence-electron chi connectivity index (χ4n) is 1.39. The van der Waals surface area contributed by atoms with E-state index in [1.54, 1.807) is 0 Å². The molecule has 1 N–H and O–H groups in total. The van der Waals surface area contributed by atoms with E-state index in [0.717, 1.165) is 23.9 Å². The number of rotatable bonds is 1. The number of hydrogen-bond acceptors (Lipinski definition) is 4. The van der Waals surface area contributed by atoms with E-state index in [2.05, 4.69) is 10.1 Å². The van der Waals surface area contributed by atoms with Crippen molar-refractivity contribution in [3.05, 3.63) is 34.9 Å². The second-order valence-corrected chi connectivity index (χ2v) is 4.54. The number of fused-ring (bicyclic) bond motifs is 1. The molecule has 96 valence electrons. The lowest BCUT2D eigenvalue weighted by atomic mass is 10.2. The van der Waals surface area contributed by atoms with E-state index in [4.69, 9.17) is 0 Å². The van der Waals surface area contributed by atoms with E-state index in [1.165, 1.54) is 19.4 Å². The SMILES string of the molecule is COC(=O)C1=CNc2ccc(C(F)(F)F)cc2S1. The standard InChI is InChI=1S/C11H8F3NO2S/c1-17-10(16)9-5-15-7-3-2-6(11(12,13)14)4-8(7)18-9/h2-5,15H,1H3. The molecule has 0 bridgehead atoms. The van der Waals surface area contributed by atoms with Gasteiger partial charge < -0.3 is 10.1 Å². The van der Waals surface area contributed by atoms with Gasteiger partial charge in [-0.3, -0.25) is 0 Å². The molecule has 1 aliphatic heterocycles. The zero-order valence-electron chi connectivity index (χ0n) is 9.17. The Bertz CT molecular complexity index is 526. The fourth-order valence-corrected chi connectivity index (χ4v) is 2.34. The number of nitrogens with one attached hydrogen (secondary N) is 1. The Morgan fingerprint density at radius 1 is 1.39 bits per heavy atom. The van der Waals surface area contributed by atoms with Crippen LogP contribution >= 0.6 is 11.8 Å². The van der Waals surface area contributed by atoms with Gasteiger partial charge in [0.2, 0.25) is 0 Å². The Balaban J connectivity index is 2.32. The van der Waals surface area contributed by atoms with Gasteiger partial charge in [0.15, 0.2) is 0 Å². The molecular weight excluding hydrogens is 267 g/mol. The van der Waals surface area contributed by atoms with Crippen LogP contribution in [0.3, 0.4) is 0 Å². The highest BCUT2D eigenvalue weighted by molar-refractivity contribution is 8.04. The van der Waals surface area contributed by atoms with Gasteiger partial charge in [-0.15, -0.1) is 0 Å². The summed E-state index contributed by atoms with van der Waals surface area (Å²) >= 11 is 0.944. The zero-order valence-corrected chi connectivity index (χ0v) is 9.98. The maximum atomic E-state index is 12.5. The van der Waals surface area contributed by atoms with Gasteiger partial charge in [-0.25, -0.2) is 4.79 Å². The van der Waals surface area contributed by atoms with E-state index >= 15 is 0 Å². The molecule has 2 rings (SSSR count). The van der Waals surface area contributed by atoms with Crippen LogP contribution in [0.25, 0.3) is 0 Å². The van der Waals surface area contributed by atoms with Gasteiger partial charge in [0.05, 0.1) is 18.4 Å². The number of benzene rings is 1. The number of halogens is 3. The van der Waals surface area contributed by atoms with Crippen LogP contribution in [-0.4, -0.2) is 13.1 Å². The third-order valence-corrected chi connectivity index (χ3v) is 3.34. The number of alkyl halides is 3. The number of ether oxygens (including phenoxy) is 1. The Hall–Kier alpha value is -1.63. The Labute approximate surface area is 105 Å². The maximum Gasteiger partial charge on any atom is 0.416 e. The maximum absolute atomic E-state index is 12.5. The van der Waals surface area contributed by atoms with Crippen molar-refractivity contribution in [3.63, 3.8) is 0 Å². The number of methoxy groups -OCH3 is 1. The first-order valence-electron chi connectivity index (χ1n) is 4.86. The highest BCUT2D eigenvalue weighted by Crippen LogP contribution is 2.40.